The lowest BCUT2D eigenvalue weighted by Crippen LogP contribution is -3.11. The van der Waals surface area contributed by atoms with Gasteiger partial charge in [-0.2, -0.15) is 0 Å². The Morgan fingerprint density at radius 2 is 1.39 bits per heavy atom. The summed E-state index contributed by atoms with van der Waals surface area (Å²) in [5, 5.41) is 7.97. The average Bonchev–Trinajstić information content (AvgIpc) is 2.68. The third-order valence-electron chi connectivity index (χ3n) is 4.37. The number of fused-ring (bicyclic) bond motifs is 1. The van der Waals surface area contributed by atoms with Crippen molar-refractivity contribution in [1.29, 1.82) is 0 Å². The quantitative estimate of drug-likeness (QED) is 0.540. The molecule has 0 radical (unpaired) electrons. The third-order valence-corrected chi connectivity index (χ3v) is 5.17. The minimum Gasteiger partial charge on any atom is -0.322 e. The molecule has 0 saturated heterocycles. The van der Waals surface area contributed by atoms with Crippen molar-refractivity contribution < 1.29 is 14.5 Å². The maximum Gasteiger partial charge on any atom is 0.279 e. The fraction of sp³-hybridized carbons (Fsp3) is 0.182. The highest BCUT2D eigenvalue weighted by atomic mass is 32.2. The zero-order valence-electron chi connectivity index (χ0n) is 16.0. The Labute approximate surface area is 169 Å². The smallest absolute Gasteiger partial charge is 0.279 e. The van der Waals surface area contributed by atoms with Gasteiger partial charge >= 0.3 is 0 Å². The Morgan fingerprint density at radius 1 is 0.821 bits per heavy atom. The van der Waals surface area contributed by atoms with Crippen LogP contribution in [0.25, 0.3) is 10.8 Å². The summed E-state index contributed by atoms with van der Waals surface area (Å²) >= 11 is 1.58. The molecule has 3 rings (SSSR count). The molecule has 0 heterocycles. The molecule has 2 amide bonds. The first-order chi connectivity index (χ1) is 13.6. The van der Waals surface area contributed by atoms with Gasteiger partial charge in [-0.15, -0.1) is 11.8 Å². The van der Waals surface area contributed by atoms with Crippen molar-refractivity contribution in [2.45, 2.75) is 4.90 Å². The summed E-state index contributed by atoms with van der Waals surface area (Å²) in [7, 11) is 1.84. The van der Waals surface area contributed by atoms with E-state index in [1.54, 1.807) is 11.8 Å². The second-order valence-corrected chi connectivity index (χ2v) is 7.48. The summed E-state index contributed by atoms with van der Waals surface area (Å²) in [5.74, 6) is -0.233. The predicted molar refractivity (Wildman–Crippen MR) is 116 cm³/mol. The van der Waals surface area contributed by atoms with Gasteiger partial charge < -0.3 is 15.5 Å². The standard InChI is InChI=1S/C22H23N3O2S/c1-25(15-22(27)24-19-11-5-6-13-20(19)28-2)14-21(26)23-18-12-7-9-16-8-3-4-10-17(16)18/h3-13H,14-15H2,1-2H3,(H,23,26)(H,24,27)/p+1. The Balaban J connectivity index is 1.56. The van der Waals surface area contributed by atoms with E-state index in [1.807, 2.05) is 80.0 Å². The lowest BCUT2D eigenvalue weighted by molar-refractivity contribution is -0.862. The summed E-state index contributed by atoms with van der Waals surface area (Å²) in [5.41, 5.74) is 1.59. The molecule has 3 N–H and O–H groups in total. The number of anilines is 2. The Morgan fingerprint density at radius 3 is 2.14 bits per heavy atom. The first kappa shape index (κ1) is 19.9. The van der Waals surface area contributed by atoms with Gasteiger partial charge in [-0.3, -0.25) is 9.59 Å². The number of thioether (sulfide) groups is 1. The monoisotopic (exact) mass is 394 g/mol. The third kappa shape index (κ3) is 5.12. The van der Waals surface area contributed by atoms with E-state index in [0.717, 1.165) is 31.9 Å². The summed E-state index contributed by atoms with van der Waals surface area (Å²) in [6, 6.07) is 21.4. The van der Waals surface area contributed by atoms with Gasteiger partial charge in [0.25, 0.3) is 11.8 Å². The minimum atomic E-state index is -0.119. The lowest BCUT2D eigenvalue weighted by atomic mass is 10.1. The number of rotatable bonds is 7. The molecule has 3 aromatic carbocycles. The Bertz CT molecular complexity index is 985. The van der Waals surface area contributed by atoms with E-state index in [9.17, 15) is 9.59 Å². The van der Waals surface area contributed by atoms with Crippen molar-refractivity contribution in [2.75, 3.05) is 37.0 Å². The molecule has 0 aliphatic carbocycles. The molecule has 0 aliphatic rings. The van der Waals surface area contributed by atoms with Crippen molar-refractivity contribution in [1.82, 2.24) is 0 Å². The number of para-hydroxylation sites is 1. The number of likely N-dealkylation sites (N-methyl/N-ethyl adjacent to an activating group) is 1. The number of carbonyl (C=O) groups excluding carboxylic acids is 2. The maximum absolute atomic E-state index is 12.4. The highest BCUT2D eigenvalue weighted by molar-refractivity contribution is 7.98. The van der Waals surface area contributed by atoms with E-state index >= 15 is 0 Å². The van der Waals surface area contributed by atoms with Crippen molar-refractivity contribution in [3.05, 3.63) is 66.7 Å². The zero-order valence-corrected chi connectivity index (χ0v) is 16.8. The molecule has 28 heavy (non-hydrogen) atoms. The van der Waals surface area contributed by atoms with Gasteiger partial charge in [0, 0.05) is 16.0 Å². The van der Waals surface area contributed by atoms with Crippen LogP contribution in [0.5, 0.6) is 0 Å². The molecule has 0 aromatic heterocycles. The topological polar surface area (TPSA) is 62.6 Å². The van der Waals surface area contributed by atoms with Gasteiger partial charge in [0.15, 0.2) is 13.1 Å². The molecule has 1 atom stereocenters. The number of hydrogen-bond donors (Lipinski definition) is 3. The fourth-order valence-corrected chi connectivity index (χ4v) is 3.64. The lowest BCUT2D eigenvalue weighted by Gasteiger charge is -2.15. The summed E-state index contributed by atoms with van der Waals surface area (Å²) in [6.07, 6.45) is 1.97. The maximum atomic E-state index is 12.4. The van der Waals surface area contributed by atoms with Crippen LogP contribution in [-0.2, 0) is 9.59 Å². The highest BCUT2D eigenvalue weighted by Gasteiger charge is 2.16. The number of amides is 2. The second-order valence-electron chi connectivity index (χ2n) is 6.63. The largest absolute Gasteiger partial charge is 0.322 e. The van der Waals surface area contributed by atoms with E-state index < -0.39 is 0 Å². The molecule has 0 fully saturated rings. The van der Waals surface area contributed by atoms with Crippen LogP contribution < -0.4 is 15.5 Å². The minimum absolute atomic E-state index is 0.114. The average molecular weight is 395 g/mol. The van der Waals surface area contributed by atoms with Crippen molar-refractivity contribution in [2.24, 2.45) is 0 Å². The molecule has 3 aromatic rings. The molecule has 5 nitrogen and oxygen atoms in total. The van der Waals surface area contributed by atoms with Crippen LogP contribution in [0.2, 0.25) is 0 Å². The summed E-state index contributed by atoms with van der Waals surface area (Å²) < 4.78 is 0. The summed E-state index contributed by atoms with van der Waals surface area (Å²) in [4.78, 5) is 26.6. The van der Waals surface area contributed by atoms with E-state index in [-0.39, 0.29) is 24.9 Å². The second kappa shape index (κ2) is 9.39. The van der Waals surface area contributed by atoms with Crippen LogP contribution in [0.15, 0.2) is 71.6 Å². The predicted octanol–water partition coefficient (Wildman–Crippen LogP) is 2.65. The summed E-state index contributed by atoms with van der Waals surface area (Å²) in [6.45, 7) is 0.423. The number of hydrogen-bond acceptors (Lipinski definition) is 3. The number of nitrogens with one attached hydrogen (secondary N) is 3. The number of carbonyl (C=O) groups is 2. The SMILES string of the molecule is CSc1ccccc1NC(=O)C[NH+](C)CC(=O)Nc1cccc2ccccc12. The first-order valence-corrected chi connectivity index (χ1v) is 10.3. The van der Waals surface area contributed by atoms with E-state index in [1.165, 1.54) is 0 Å². The molecular weight excluding hydrogens is 370 g/mol. The van der Waals surface area contributed by atoms with Gasteiger partial charge in [-0.05, 0) is 29.8 Å². The molecule has 0 aliphatic heterocycles. The zero-order chi connectivity index (χ0) is 19.9. The first-order valence-electron chi connectivity index (χ1n) is 9.08. The molecule has 0 saturated carbocycles. The van der Waals surface area contributed by atoms with Gasteiger partial charge in [-0.25, -0.2) is 0 Å². The van der Waals surface area contributed by atoms with E-state index in [4.69, 9.17) is 0 Å². The van der Waals surface area contributed by atoms with Crippen molar-refractivity contribution >= 4 is 45.7 Å². The van der Waals surface area contributed by atoms with Crippen molar-refractivity contribution in [3.8, 4) is 0 Å². The van der Waals surface area contributed by atoms with E-state index in [0.29, 0.717) is 0 Å². The molecular formula is C22H24N3O2S+. The molecule has 144 valence electrons. The highest BCUT2D eigenvalue weighted by Crippen LogP contribution is 2.24. The number of benzene rings is 3. The van der Waals surface area contributed by atoms with Gasteiger partial charge in [0.1, 0.15) is 0 Å². The Hall–Kier alpha value is -2.83. The van der Waals surface area contributed by atoms with Crippen LogP contribution in [0.3, 0.4) is 0 Å². The van der Waals surface area contributed by atoms with Gasteiger partial charge in [0.2, 0.25) is 0 Å². The van der Waals surface area contributed by atoms with Gasteiger partial charge in [0.05, 0.1) is 12.7 Å². The molecule has 6 heteroatoms. The van der Waals surface area contributed by atoms with Crippen LogP contribution in [0, 0.1) is 0 Å². The Kier molecular flexibility index (Phi) is 6.68. The normalized spacial score (nSPS) is 11.8. The molecule has 0 spiro atoms. The fourth-order valence-electron chi connectivity index (χ4n) is 3.08. The van der Waals surface area contributed by atoms with E-state index in [2.05, 4.69) is 10.6 Å². The van der Waals surface area contributed by atoms with Crippen LogP contribution >= 0.6 is 11.8 Å². The van der Waals surface area contributed by atoms with Crippen LogP contribution in [-0.4, -0.2) is 38.2 Å². The molecule has 1 unspecified atom stereocenters. The van der Waals surface area contributed by atoms with Crippen LogP contribution in [0.1, 0.15) is 0 Å². The van der Waals surface area contributed by atoms with Gasteiger partial charge in [-0.1, -0.05) is 48.5 Å². The van der Waals surface area contributed by atoms with Crippen molar-refractivity contribution in [3.63, 3.8) is 0 Å². The number of quaternary nitrogens is 1. The molecule has 0 bridgehead atoms. The van der Waals surface area contributed by atoms with Crippen LogP contribution in [0.4, 0.5) is 11.4 Å².